The number of aromatic nitrogens is 1. The van der Waals surface area contributed by atoms with Gasteiger partial charge < -0.3 is 15.6 Å². The number of amides is 2. The summed E-state index contributed by atoms with van der Waals surface area (Å²) in [6, 6.07) is 22.7. The summed E-state index contributed by atoms with van der Waals surface area (Å²) in [4.78, 5) is 32.0. The molecule has 0 radical (unpaired) electrons. The van der Waals surface area contributed by atoms with E-state index >= 15 is 0 Å². The Kier molecular flexibility index (Phi) is 7.03. The first-order chi connectivity index (χ1) is 16.5. The van der Waals surface area contributed by atoms with Crippen LogP contribution in [-0.4, -0.2) is 29.3 Å². The van der Waals surface area contributed by atoms with Crippen LogP contribution in [0.2, 0.25) is 0 Å². The van der Waals surface area contributed by atoms with Crippen molar-refractivity contribution in [2.75, 3.05) is 17.2 Å². The van der Waals surface area contributed by atoms with Crippen molar-refractivity contribution in [3.05, 3.63) is 95.7 Å². The van der Waals surface area contributed by atoms with E-state index in [2.05, 4.69) is 32.0 Å². The first kappa shape index (κ1) is 22.8. The fourth-order valence-electron chi connectivity index (χ4n) is 3.60. The van der Waals surface area contributed by atoms with Gasteiger partial charge in [-0.15, -0.1) is 0 Å². The van der Waals surface area contributed by atoms with Crippen molar-refractivity contribution in [3.63, 3.8) is 0 Å². The number of aliphatic imine (C=N–C) groups is 1. The molecule has 0 saturated carbocycles. The monoisotopic (exact) mass is 453 g/mol. The van der Waals surface area contributed by atoms with Crippen molar-refractivity contribution >= 4 is 40.1 Å². The summed E-state index contributed by atoms with van der Waals surface area (Å²) in [5.74, 6) is -0.0800. The van der Waals surface area contributed by atoms with Gasteiger partial charge in [-0.3, -0.25) is 19.9 Å². The Hall–Kier alpha value is -4.39. The predicted octanol–water partition coefficient (Wildman–Crippen LogP) is 4.88. The summed E-state index contributed by atoms with van der Waals surface area (Å²) in [5.41, 5.74) is 5.34. The number of para-hydroxylation sites is 1. The molecule has 172 valence electrons. The molecule has 0 aliphatic rings. The third-order valence-corrected chi connectivity index (χ3v) is 5.34. The van der Waals surface area contributed by atoms with Gasteiger partial charge in [-0.05, 0) is 61.4 Å². The number of nitrogens with one attached hydrogen (secondary N) is 4. The van der Waals surface area contributed by atoms with Crippen LogP contribution in [0.3, 0.4) is 0 Å². The number of hydrogen-bond acceptors (Lipinski definition) is 3. The number of aromatic amines is 1. The second-order valence-electron chi connectivity index (χ2n) is 8.04. The highest BCUT2D eigenvalue weighted by Crippen LogP contribution is 2.18. The Bertz CT molecular complexity index is 1320. The van der Waals surface area contributed by atoms with Crippen molar-refractivity contribution < 1.29 is 9.59 Å². The quantitative estimate of drug-likeness (QED) is 0.247. The molecule has 0 bridgehead atoms. The summed E-state index contributed by atoms with van der Waals surface area (Å²) in [6.45, 7) is 3.96. The van der Waals surface area contributed by atoms with Gasteiger partial charge >= 0.3 is 0 Å². The summed E-state index contributed by atoms with van der Waals surface area (Å²) in [5, 5.41) is 9.96. The van der Waals surface area contributed by atoms with Gasteiger partial charge in [0, 0.05) is 47.5 Å². The second kappa shape index (κ2) is 10.5. The highest BCUT2D eigenvalue weighted by molar-refractivity contribution is 6.10. The van der Waals surface area contributed by atoms with Gasteiger partial charge in [-0.25, -0.2) is 0 Å². The van der Waals surface area contributed by atoms with Crippen LogP contribution >= 0.6 is 0 Å². The Morgan fingerprint density at radius 3 is 2.29 bits per heavy atom. The van der Waals surface area contributed by atoms with E-state index in [4.69, 9.17) is 0 Å². The zero-order valence-corrected chi connectivity index (χ0v) is 19.2. The molecule has 1 aromatic heterocycles. The molecule has 0 atom stereocenters. The molecule has 0 fully saturated rings. The number of nitrogens with zero attached hydrogens (tertiary/aromatic N) is 1. The van der Waals surface area contributed by atoms with E-state index < -0.39 is 0 Å². The average molecular weight is 454 g/mol. The van der Waals surface area contributed by atoms with Crippen LogP contribution in [0.1, 0.15) is 28.4 Å². The highest BCUT2D eigenvalue weighted by atomic mass is 16.2. The first-order valence-corrected chi connectivity index (χ1v) is 11.1. The molecule has 0 saturated heterocycles. The smallest absolute Gasteiger partial charge is 0.257 e. The Balaban J connectivity index is 1.49. The van der Waals surface area contributed by atoms with Crippen molar-refractivity contribution in [1.29, 1.82) is 0 Å². The number of rotatable bonds is 6. The molecule has 4 aromatic rings. The van der Waals surface area contributed by atoms with Crippen LogP contribution in [0.4, 0.5) is 11.4 Å². The van der Waals surface area contributed by atoms with E-state index in [1.54, 1.807) is 24.3 Å². The first-order valence-electron chi connectivity index (χ1n) is 11.1. The fraction of sp³-hybridized carbons (Fsp3) is 0.148. The van der Waals surface area contributed by atoms with Crippen LogP contribution in [0.5, 0.6) is 0 Å². The third kappa shape index (κ3) is 5.89. The van der Waals surface area contributed by atoms with Gasteiger partial charge in [-0.2, -0.15) is 0 Å². The lowest BCUT2D eigenvalue weighted by Gasteiger charge is -2.12. The lowest BCUT2D eigenvalue weighted by Crippen LogP contribution is -2.36. The van der Waals surface area contributed by atoms with E-state index in [1.807, 2.05) is 55.6 Å². The molecule has 0 aliphatic carbocycles. The van der Waals surface area contributed by atoms with Crippen LogP contribution in [-0.2, 0) is 11.2 Å². The minimum atomic E-state index is -0.292. The molecule has 4 N–H and O–H groups in total. The fourth-order valence-corrected chi connectivity index (χ4v) is 3.60. The lowest BCUT2D eigenvalue weighted by molar-refractivity contribution is -0.114. The maximum absolute atomic E-state index is 12.9. The number of H-pyrrole nitrogens is 1. The second-order valence-corrected chi connectivity index (χ2v) is 8.04. The van der Waals surface area contributed by atoms with Gasteiger partial charge in [-0.1, -0.05) is 35.9 Å². The molecule has 0 aliphatic heterocycles. The zero-order valence-electron chi connectivity index (χ0n) is 19.2. The van der Waals surface area contributed by atoms with Crippen molar-refractivity contribution in [3.8, 4) is 0 Å². The predicted molar refractivity (Wildman–Crippen MR) is 137 cm³/mol. The molecular weight excluding hydrogens is 426 g/mol. The Labute approximate surface area is 198 Å². The minimum absolute atomic E-state index is 0.163. The number of fused-ring (bicyclic) bond motifs is 1. The summed E-state index contributed by atoms with van der Waals surface area (Å²) in [7, 11) is 0. The van der Waals surface area contributed by atoms with Gasteiger partial charge in [0.1, 0.15) is 0 Å². The third-order valence-electron chi connectivity index (χ3n) is 5.34. The average Bonchev–Trinajstić information content (AvgIpc) is 3.23. The molecule has 3 aromatic carbocycles. The number of benzene rings is 3. The summed E-state index contributed by atoms with van der Waals surface area (Å²) >= 11 is 0. The molecule has 2 amide bonds. The standard InChI is InChI=1S/C27H27N5O2/c1-18-7-11-23(12-8-18)31-27(28-16-15-21-17-29-25-6-4-3-5-24(21)25)32-26(34)20-9-13-22(14-10-20)30-19(2)33/h3-14,17,29H,15-16H2,1-2H3,(H,30,33)(H2,28,31,32,34). The molecule has 0 spiro atoms. The maximum atomic E-state index is 12.9. The topological polar surface area (TPSA) is 98.4 Å². The molecule has 4 rings (SSSR count). The molecule has 1 heterocycles. The van der Waals surface area contributed by atoms with E-state index in [0.717, 1.165) is 23.2 Å². The number of carbonyl (C=O) groups excluding carboxylic acids is 2. The number of carbonyl (C=O) groups is 2. The van der Waals surface area contributed by atoms with Crippen LogP contribution < -0.4 is 16.0 Å². The largest absolute Gasteiger partial charge is 0.361 e. The molecule has 7 heteroatoms. The van der Waals surface area contributed by atoms with Gasteiger partial charge in [0.15, 0.2) is 0 Å². The molecule has 0 unspecified atom stereocenters. The maximum Gasteiger partial charge on any atom is 0.257 e. The van der Waals surface area contributed by atoms with E-state index in [1.165, 1.54) is 17.9 Å². The SMILES string of the molecule is CC(=O)Nc1ccc(C(=O)NC(=NCCc2c[nH]c3ccccc23)Nc2ccc(C)cc2)cc1. The summed E-state index contributed by atoms with van der Waals surface area (Å²) < 4.78 is 0. The lowest BCUT2D eigenvalue weighted by atomic mass is 10.1. The molecule has 7 nitrogen and oxygen atoms in total. The van der Waals surface area contributed by atoms with E-state index in [0.29, 0.717) is 23.8 Å². The van der Waals surface area contributed by atoms with Gasteiger partial charge in [0.2, 0.25) is 11.9 Å². The Morgan fingerprint density at radius 1 is 0.882 bits per heavy atom. The van der Waals surface area contributed by atoms with Crippen molar-refractivity contribution in [2.24, 2.45) is 4.99 Å². The van der Waals surface area contributed by atoms with Gasteiger partial charge in [0.05, 0.1) is 0 Å². The van der Waals surface area contributed by atoms with Crippen molar-refractivity contribution in [1.82, 2.24) is 10.3 Å². The molecular formula is C27H27N5O2. The van der Waals surface area contributed by atoms with Crippen molar-refractivity contribution in [2.45, 2.75) is 20.3 Å². The van der Waals surface area contributed by atoms with E-state index in [-0.39, 0.29) is 11.8 Å². The number of guanidine groups is 1. The van der Waals surface area contributed by atoms with Gasteiger partial charge in [0.25, 0.3) is 5.91 Å². The minimum Gasteiger partial charge on any atom is -0.361 e. The normalized spacial score (nSPS) is 11.3. The number of anilines is 2. The van der Waals surface area contributed by atoms with E-state index in [9.17, 15) is 9.59 Å². The summed E-state index contributed by atoms with van der Waals surface area (Å²) in [6.07, 6.45) is 2.73. The van der Waals surface area contributed by atoms with Crippen LogP contribution in [0.15, 0.2) is 84.0 Å². The Morgan fingerprint density at radius 2 is 1.56 bits per heavy atom. The highest BCUT2D eigenvalue weighted by Gasteiger charge is 2.10. The number of aryl methyl sites for hydroxylation is 1. The van der Waals surface area contributed by atoms with Crippen LogP contribution in [0, 0.1) is 6.92 Å². The van der Waals surface area contributed by atoms with Crippen LogP contribution in [0.25, 0.3) is 10.9 Å². The zero-order chi connectivity index (χ0) is 23.9. The number of hydrogen-bond donors (Lipinski definition) is 4. The molecule has 34 heavy (non-hydrogen) atoms.